The van der Waals surface area contributed by atoms with E-state index in [1.54, 1.807) is 0 Å². The van der Waals surface area contributed by atoms with Gasteiger partial charge in [-0.15, -0.1) is 0 Å². The zero-order chi connectivity index (χ0) is 14.9. The van der Waals surface area contributed by atoms with Crippen LogP contribution in [0.15, 0.2) is 12.1 Å². The van der Waals surface area contributed by atoms with Crippen LogP contribution in [0.1, 0.15) is 13.3 Å². The predicted molar refractivity (Wildman–Crippen MR) is 74.4 cm³/mol. The minimum atomic E-state index is -0.851. The molecule has 0 bridgehead atoms. The fourth-order valence-corrected chi connectivity index (χ4v) is 2.91. The molecule has 1 aliphatic heterocycles. The maximum absolute atomic E-state index is 13.8. The zero-order valence-corrected chi connectivity index (χ0v) is 11.7. The van der Waals surface area contributed by atoms with Crippen molar-refractivity contribution in [2.45, 2.75) is 13.3 Å². The highest BCUT2D eigenvalue weighted by atomic mass is 32.2. The van der Waals surface area contributed by atoms with Gasteiger partial charge in [0.2, 0.25) is 5.91 Å². The molecule has 0 radical (unpaired) electrons. The van der Waals surface area contributed by atoms with E-state index < -0.39 is 11.6 Å². The Kier molecular flexibility index (Phi) is 4.27. The molecule has 0 saturated carbocycles. The zero-order valence-electron chi connectivity index (χ0n) is 10.9. The summed E-state index contributed by atoms with van der Waals surface area (Å²) in [7, 11) is 0. The van der Waals surface area contributed by atoms with Crippen LogP contribution in [0.3, 0.4) is 0 Å². The lowest BCUT2D eigenvalue weighted by molar-refractivity contribution is -0.117. The second-order valence-corrected chi connectivity index (χ2v) is 5.90. The number of nitrogens with two attached hydrogens (primary N) is 1. The first-order valence-corrected chi connectivity index (χ1v) is 7.05. The van der Waals surface area contributed by atoms with Gasteiger partial charge in [0.25, 0.3) is 0 Å². The monoisotopic (exact) mass is 300 g/mol. The number of hydrogen-bond acceptors (Lipinski definition) is 4. The Balaban J connectivity index is 2.18. The number of halogens is 2. The second-order valence-electron chi connectivity index (χ2n) is 4.70. The molecule has 1 aliphatic rings. The summed E-state index contributed by atoms with van der Waals surface area (Å²) in [6.07, 6.45) is 0.233. The molecular weight excluding hydrogens is 286 g/mol. The molecule has 0 spiro atoms. The number of rotatable bonds is 3. The van der Waals surface area contributed by atoms with Gasteiger partial charge in [0, 0.05) is 31.7 Å². The number of carbonyl (C=O) groups is 2. The van der Waals surface area contributed by atoms with Crippen molar-refractivity contribution in [1.29, 1.82) is 0 Å². The second kappa shape index (κ2) is 5.78. The van der Waals surface area contributed by atoms with Gasteiger partial charge < -0.3 is 10.6 Å². The first kappa shape index (κ1) is 14.8. The van der Waals surface area contributed by atoms with Gasteiger partial charge in [-0.25, -0.2) is 8.78 Å². The van der Waals surface area contributed by atoms with Crippen molar-refractivity contribution >= 4 is 34.2 Å². The van der Waals surface area contributed by atoms with Crippen molar-refractivity contribution in [3.63, 3.8) is 0 Å². The van der Waals surface area contributed by atoms with E-state index in [1.807, 2.05) is 0 Å². The molecule has 1 amide bonds. The van der Waals surface area contributed by atoms with Gasteiger partial charge in [-0.2, -0.15) is 0 Å². The Labute approximate surface area is 119 Å². The van der Waals surface area contributed by atoms with Gasteiger partial charge in [-0.3, -0.25) is 9.59 Å². The van der Waals surface area contributed by atoms with Gasteiger partial charge in [0.05, 0.1) is 5.69 Å². The molecule has 7 heteroatoms. The highest BCUT2D eigenvalue weighted by Crippen LogP contribution is 2.33. The molecule has 1 heterocycles. The lowest BCUT2D eigenvalue weighted by Gasteiger charge is -2.19. The van der Waals surface area contributed by atoms with Crippen LogP contribution in [0.4, 0.5) is 20.2 Å². The van der Waals surface area contributed by atoms with E-state index in [0.29, 0.717) is 11.8 Å². The van der Waals surface area contributed by atoms with Crippen LogP contribution >= 0.6 is 11.8 Å². The predicted octanol–water partition coefficient (Wildman–Crippen LogP) is 2.18. The van der Waals surface area contributed by atoms with E-state index in [9.17, 15) is 18.4 Å². The summed E-state index contributed by atoms with van der Waals surface area (Å²) < 4.78 is 26.8. The summed E-state index contributed by atoms with van der Waals surface area (Å²) in [4.78, 5) is 24.1. The fourth-order valence-electron chi connectivity index (χ4n) is 2.22. The highest BCUT2D eigenvalue weighted by Gasteiger charge is 2.33. The molecule has 1 aromatic rings. The number of benzene rings is 1. The van der Waals surface area contributed by atoms with Gasteiger partial charge in [0.15, 0.2) is 10.9 Å². The topological polar surface area (TPSA) is 63.4 Å². The Morgan fingerprint density at radius 1 is 1.50 bits per heavy atom. The average molecular weight is 300 g/mol. The van der Waals surface area contributed by atoms with Crippen molar-refractivity contribution in [3.05, 3.63) is 23.8 Å². The van der Waals surface area contributed by atoms with Crippen LogP contribution in [-0.4, -0.2) is 23.3 Å². The molecule has 4 nitrogen and oxygen atoms in total. The van der Waals surface area contributed by atoms with Crippen LogP contribution in [0.25, 0.3) is 0 Å². The van der Waals surface area contributed by atoms with Gasteiger partial charge in [-0.1, -0.05) is 11.8 Å². The quantitative estimate of drug-likeness (QED) is 0.869. The SMILES string of the molecule is CC(=O)SCC1CC(=O)N(c2c(N)cc(F)cc2F)C1. The van der Waals surface area contributed by atoms with Crippen molar-refractivity contribution in [3.8, 4) is 0 Å². The summed E-state index contributed by atoms with van der Waals surface area (Å²) in [5, 5.41) is -0.0247. The highest BCUT2D eigenvalue weighted by molar-refractivity contribution is 8.13. The molecule has 0 aromatic heterocycles. The van der Waals surface area contributed by atoms with Crippen molar-refractivity contribution < 1.29 is 18.4 Å². The third kappa shape index (κ3) is 3.09. The standard InChI is InChI=1S/C13H14F2N2O2S/c1-7(18)20-6-8-2-12(19)17(5-8)13-10(15)3-9(14)4-11(13)16/h3-4,8H,2,5-6,16H2,1H3. The number of nitrogen functional groups attached to an aromatic ring is 1. The normalized spacial score (nSPS) is 18.6. The van der Waals surface area contributed by atoms with E-state index in [-0.39, 0.29) is 41.3 Å². The van der Waals surface area contributed by atoms with Crippen LogP contribution in [0.2, 0.25) is 0 Å². The van der Waals surface area contributed by atoms with Crippen molar-refractivity contribution in [2.75, 3.05) is 22.9 Å². The maximum atomic E-state index is 13.8. The number of amides is 1. The molecule has 108 valence electrons. The van der Waals surface area contributed by atoms with E-state index >= 15 is 0 Å². The van der Waals surface area contributed by atoms with Crippen LogP contribution in [0, 0.1) is 17.6 Å². The van der Waals surface area contributed by atoms with Gasteiger partial charge in [0.1, 0.15) is 11.5 Å². The maximum Gasteiger partial charge on any atom is 0.227 e. The van der Waals surface area contributed by atoms with E-state index in [4.69, 9.17) is 5.73 Å². The van der Waals surface area contributed by atoms with E-state index in [0.717, 1.165) is 17.8 Å². The van der Waals surface area contributed by atoms with Crippen LogP contribution < -0.4 is 10.6 Å². The molecule has 1 saturated heterocycles. The fraction of sp³-hybridized carbons (Fsp3) is 0.385. The number of anilines is 2. The summed E-state index contributed by atoms with van der Waals surface area (Å²) in [5.41, 5.74) is 5.42. The molecule has 2 N–H and O–H groups in total. The van der Waals surface area contributed by atoms with Gasteiger partial charge in [-0.05, 0) is 12.0 Å². The largest absolute Gasteiger partial charge is 0.397 e. The number of thioether (sulfide) groups is 1. The molecular formula is C13H14F2N2O2S. The molecule has 20 heavy (non-hydrogen) atoms. The Hall–Kier alpha value is -1.63. The van der Waals surface area contributed by atoms with E-state index in [2.05, 4.69) is 0 Å². The number of nitrogens with zero attached hydrogens (tertiary/aromatic N) is 1. The smallest absolute Gasteiger partial charge is 0.227 e. The minimum absolute atomic E-state index is 0.0247. The van der Waals surface area contributed by atoms with Crippen molar-refractivity contribution in [2.24, 2.45) is 5.92 Å². The van der Waals surface area contributed by atoms with Crippen LogP contribution in [-0.2, 0) is 9.59 Å². The molecule has 1 unspecified atom stereocenters. The Morgan fingerprint density at radius 2 is 2.20 bits per heavy atom. The average Bonchev–Trinajstić information content (AvgIpc) is 2.67. The Morgan fingerprint density at radius 3 is 2.80 bits per heavy atom. The van der Waals surface area contributed by atoms with Gasteiger partial charge >= 0.3 is 0 Å². The summed E-state index contributed by atoms with van der Waals surface area (Å²) in [6, 6.07) is 1.69. The first-order valence-electron chi connectivity index (χ1n) is 6.06. The Bertz CT molecular complexity index is 542. The lowest BCUT2D eigenvalue weighted by Crippen LogP contribution is -2.27. The molecule has 1 atom stereocenters. The molecule has 1 fully saturated rings. The van der Waals surface area contributed by atoms with Crippen LogP contribution in [0.5, 0.6) is 0 Å². The summed E-state index contributed by atoms with van der Waals surface area (Å²) in [6.45, 7) is 1.74. The molecule has 0 aliphatic carbocycles. The molecule has 1 aromatic carbocycles. The summed E-state index contributed by atoms with van der Waals surface area (Å²) in [5.74, 6) is -1.44. The van der Waals surface area contributed by atoms with Crippen molar-refractivity contribution in [1.82, 2.24) is 0 Å². The minimum Gasteiger partial charge on any atom is -0.397 e. The van der Waals surface area contributed by atoms with E-state index in [1.165, 1.54) is 11.8 Å². The summed E-state index contributed by atoms with van der Waals surface area (Å²) >= 11 is 1.14. The third-order valence-corrected chi connectivity index (χ3v) is 4.10. The third-order valence-electron chi connectivity index (χ3n) is 3.05. The number of hydrogen-bond donors (Lipinski definition) is 1. The molecule has 2 rings (SSSR count). The first-order chi connectivity index (χ1) is 9.38. The number of carbonyl (C=O) groups excluding carboxylic acids is 2. The lowest BCUT2D eigenvalue weighted by atomic mass is 10.1.